The second kappa shape index (κ2) is 7.60. The van der Waals surface area contributed by atoms with Crippen LogP contribution >= 0.6 is 0 Å². The van der Waals surface area contributed by atoms with E-state index in [0.29, 0.717) is 19.5 Å². The van der Waals surface area contributed by atoms with Crippen LogP contribution in [0, 0.1) is 0 Å². The van der Waals surface area contributed by atoms with Crippen molar-refractivity contribution in [2.45, 2.75) is 25.8 Å². The molecule has 0 radical (unpaired) electrons. The fraction of sp³-hybridized carbons (Fsp3) is 0.533. The van der Waals surface area contributed by atoms with Crippen molar-refractivity contribution >= 4 is 15.9 Å². The Bertz CT molecular complexity index is 598. The molecule has 1 aliphatic rings. The van der Waals surface area contributed by atoms with Gasteiger partial charge in [0.25, 0.3) is 0 Å². The van der Waals surface area contributed by atoms with E-state index in [-0.39, 0.29) is 24.6 Å². The van der Waals surface area contributed by atoms with E-state index in [1.54, 1.807) is 7.11 Å². The Hall–Kier alpha value is -1.60. The van der Waals surface area contributed by atoms with Crippen LogP contribution in [-0.2, 0) is 21.4 Å². The molecule has 1 heterocycles. The molecule has 1 aromatic carbocycles. The second-order valence-corrected chi connectivity index (χ2v) is 7.39. The van der Waals surface area contributed by atoms with Gasteiger partial charge in [0.1, 0.15) is 5.75 Å². The van der Waals surface area contributed by atoms with Crippen LogP contribution in [0.25, 0.3) is 0 Å². The van der Waals surface area contributed by atoms with Crippen molar-refractivity contribution in [1.29, 1.82) is 0 Å². The van der Waals surface area contributed by atoms with Crippen LogP contribution in [0.4, 0.5) is 0 Å². The number of hydrogen-bond donors (Lipinski definition) is 1. The van der Waals surface area contributed by atoms with Crippen molar-refractivity contribution in [3.05, 3.63) is 29.8 Å². The lowest BCUT2D eigenvalue weighted by Crippen LogP contribution is -2.40. The van der Waals surface area contributed by atoms with Crippen molar-refractivity contribution in [2.75, 3.05) is 26.0 Å². The topological polar surface area (TPSA) is 75.7 Å². The molecule has 0 bridgehead atoms. The number of carbonyl (C=O) groups is 1. The molecule has 7 heteroatoms. The van der Waals surface area contributed by atoms with Gasteiger partial charge in [0.05, 0.1) is 12.9 Å². The minimum atomic E-state index is -3.15. The summed E-state index contributed by atoms with van der Waals surface area (Å²) in [6.07, 6.45) is 1.77. The van der Waals surface area contributed by atoms with Gasteiger partial charge in [0, 0.05) is 26.1 Å². The molecule has 0 aromatic heterocycles. The van der Waals surface area contributed by atoms with Gasteiger partial charge in [-0.2, -0.15) is 0 Å². The fourth-order valence-electron chi connectivity index (χ4n) is 2.35. The van der Waals surface area contributed by atoms with Gasteiger partial charge in [0.2, 0.25) is 15.9 Å². The average molecular weight is 326 g/mol. The molecular formula is C15H22N2O4S. The quantitative estimate of drug-likeness (QED) is 0.850. The molecule has 122 valence electrons. The molecule has 22 heavy (non-hydrogen) atoms. The molecule has 1 amide bonds. The maximum absolute atomic E-state index is 11.8. The molecule has 1 aromatic rings. The summed E-state index contributed by atoms with van der Waals surface area (Å²) < 4.78 is 30.1. The first kappa shape index (κ1) is 16.8. The number of nitrogens with one attached hydrogen (secondary N) is 1. The summed E-state index contributed by atoms with van der Waals surface area (Å²) in [6, 6.07) is 7.44. The molecule has 1 fully saturated rings. The van der Waals surface area contributed by atoms with E-state index in [1.165, 1.54) is 4.31 Å². The number of amides is 1. The molecular weight excluding hydrogens is 304 g/mol. The van der Waals surface area contributed by atoms with Gasteiger partial charge in [-0.3, -0.25) is 4.79 Å². The van der Waals surface area contributed by atoms with Crippen LogP contribution in [-0.4, -0.2) is 44.6 Å². The van der Waals surface area contributed by atoms with Gasteiger partial charge in [-0.05, 0) is 30.5 Å². The Morgan fingerprint density at radius 1 is 1.27 bits per heavy atom. The SMILES string of the molecule is COc1ccc(CNC(=O)CCN2CCCCS2(=O)=O)cc1. The van der Waals surface area contributed by atoms with Crippen LogP contribution in [0.2, 0.25) is 0 Å². The Kier molecular flexibility index (Phi) is 5.79. The molecule has 0 unspecified atom stereocenters. The minimum Gasteiger partial charge on any atom is -0.497 e. The maximum atomic E-state index is 11.8. The third-order valence-corrected chi connectivity index (χ3v) is 5.65. The third-order valence-electron chi connectivity index (χ3n) is 3.69. The van der Waals surface area contributed by atoms with Crippen molar-refractivity contribution < 1.29 is 17.9 Å². The zero-order chi connectivity index (χ0) is 16.0. The number of hydrogen-bond acceptors (Lipinski definition) is 4. The highest BCUT2D eigenvalue weighted by molar-refractivity contribution is 7.89. The van der Waals surface area contributed by atoms with Crippen molar-refractivity contribution in [1.82, 2.24) is 9.62 Å². The summed E-state index contributed by atoms with van der Waals surface area (Å²) in [5.41, 5.74) is 0.972. The van der Waals surface area contributed by atoms with Crippen LogP contribution in [0.3, 0.4) is 0 Å². The van der Waals surface area contributed by atoms with E-state index in [4.69, 9.17) is 4.74 Å². The zero-order valence-corrected chi connectivity index (χ0v) is 13.6. The van der Waals surface area contributed by atoms with E-state index in [2.05, 4.69) is 5.32 Å². The van der Waals surface area contributed by atoms with Crippen LogP contribution < -0.4 is 10.1 Å². The second-order valence-electron chi connectivity index (χ2n) is 5.30. The summed E-state index contributed by atoms with van der Waals surface area (Å²) in [5, 5.41) is 2.80. The Morgan fingerprint density at radius 2 is 2.00 bits per heavy atom. The standard InChI is InChI=1S/C15H22N2O4S/c1-21-14-6-4-13(5-7-14)12-16-15(18)8-10-17-9-2-3-11-22(17,19)20/h4-7H,2-3,8-12H2,1H3,(H,16,18). The van der Waals surface area contributed by atoms with E-state index < -0.39 is 10.0 Å². The van der Waals surface area contributed by atoms with Crippen molar-refractivity contribution in [2.24, 2.45) is 0 Å². The third kappa shape index (κ3) is 4.71. The summed E-state index contributed by atoms with van der Waals surface area (Å²) in [6.45, 7) is 1.21. The van der Waals surface area contributed by atoms with Gasteiger partial charge in [-0.15, -0.1) is 0 Å². The minimum absolute atomic E-state index is 0.142. The van der Waals surface area contributed by atoms with Crippen LogP contribution in [0.1, 0.15) is 24.8 Å². The first-order valence-electron chi connectivity index (χ1n) is 7.39. The molecule has 1 aliphatic heterocycles. The van der Waals surface area contributed by atoms with Gasteiger partial charge >= 0.3 is 0 Å². The molecule has 6 nitrogen and oxygen atoms in total. The lowest BCUT2D eigenvalue weighted by atomic mass is 10.2. The summed E-state index contributed by atoms with van der Waals surface area (Å²) in [5.74, 6) is 0.822. The maximum Gasteiger partial charge on any atom is 0.221 e. The fourth-order valence-corrected chi connectivity index (χ4v) is 3.95. The molecule has 2 rings (SSSR count). The number of carbonyl (C=O) groups excluding carboxylic acids is 1. The van der Waals surface area contributed by atoms with Gasteiger partial charge in [-0.25, -0.2) is 12.7 Å². The number of rotatable bonds is 6. The molecule has 0 aliphatic carbocycles. The highest BCUT2D eigenvalue weighted by Crippen LogP contribution is 2.14. The Labute approximate surface area is 131 Å². The zero-order valence-electron chi connectivity index (χ0n) is 12.7. The predicted octanol–water partition coefficient (Wildman–Crippen LogP) is 1.13. The lowest BCUT2D eigenvalue weighted by molar-refractivity contribution is -0.121. The average Bonchev–Trinajstić information content (AvgIpc) is 2.52. The van der Waals surface area contributed by atoms with Crippen molar-refractivity contribution in [3.8, 4) is 5.75 Å². The number of benzene rings is 1. The summed E-state index contributed by atoms with van der Waals surface area (Å²) >= 11 is 0. The van der Waals surface area contributed by atoms with Crippen LogP contribution in [0.15, 0.2) is 24.3 Å². The number of ether oxygens (including phenoxy) is 1. The Morgan fingerprint density at radius 3 is 2.64 bits per heavy atom. The van der Waals surface area contributed by atoms with Crippen molar-refractivity contribution in [3.63, 3.8) is 0 Å². The smallest absolute Gasteiger partial charge is 0.221 e. The van der Waals surface area contributed by atoms with Gasteiger partial charge < -0.3 is 10.1 Å². The Balaban J connectivity index is 1.75. The molecule has 0 saturated carbocycles. The highest BCUT2D eigenvalue weighted by Gasteiger charge is 2.25. The van der Waals surface area contributed by atoms with E-state index in [9.17, 15) is 13.2 Å². The first-order valence-corrected chi connectivity index (χ1v) is 8.99. The van der Waals surface area contributed by atoms with E-state index >= 15 is 0 Å². The van der Waals surface area contributed by atoms with Gasteiger partial charge in [-0.1, -0.05) is 12.1 Å². The molecule has 0 atom stereocenters. The van der Waals surface area contributed by atoms with Gasteiger partial charge in [0.15, 0.2) is 0 Å². The number of nitrogens with zero attached hydrogens (tertiary/aromatic N) is 1. The van der Waals surface area contributed by atoms with E-state index in [1.807, 2.05) is 24.3 Å². The number of methoxy groups -OCH3 is 1. The number of sulfonamides is 1. The largest absolute Gasteiger partial charge is 0.497 e. The summed E-state index contributed by atoms with van der Waals surface area (Å²) in [4.78, 5) is 11.8. The first-order chi connectivity index (χ1) is 10.5. The monoisotopic (exact) mass is 326 g/mol. The van der Waals surface area contributed by atoms with Crippen LogP contribution in [0.5, 0.6) is 5.75 Å². The molecule has 1 N–H and O–H groups in total. The molecule has 0 spiro atoms. The molecule has 1 saturated heterocycles. The summed E-state index contributed by atoms with van der Waals surface area (Å²) in [7, 11) is -1.55. The predicted molar refractivity (Wildman–Crippen MR) is 84.1 cm³/mol. The van der Waals surface area contributed by atoms with E-state index in [0.717, 1.165) is 17.7 Å². The highest BCUT2D eigenvalue weighted by atomic mass is 32.2. The normalized spacial score (nSPS) is 17.9. The lowest BCUT2D eigenvalue weighted by Gasteiger charge is -2.25.